The average molecular weight is 316 g/mol. The van der Waals surface area contributed by atoms with Crippen LogP contribution in [0, 0.1) is 6.92 Å². The predicted octanol–water partition coefficient (Wildman–Crippen LogP) is 2.79. The SMILES string of the molecule is Cc1ccncc1S(=O)(=O)N1CCCC1Cc1ccccc1. The van der Waals surface area contributed by atoms with Gasteiger partial charge in [0, 0.05) is 25.0 Å². The Hall–Kier alpha value is -1.72. The summed E-state index contributed by atoms with van der Waals surface area (Å²) in [5, 5.41) is 0. The number of pyridine rings is 1. The zero-order chi connectivity index (χ0) is 15.6. The van der Waals surface area contributed by atoms with Crippen molar-refractivity contribution in [2.75, 3.05) is 6.54 Å². The van der Waals surface area contributed by atoms with E-state index in [2.05, 4.69) is 17.1 Å². The first kappa shape index (κ1) is 15.2. The maximum atomic E-state index is 12.9. The van der Waals surface area contributed by atoms with Crippen molar-refractivity contribution in [2.45, 2.75) is 37.1 Å². The summed E-state index contributed by atoms with van der Waals surface area (Å²) in [5.74, 6) is 0. The topological polar surface area (TPSA) is 50.3 Å². The van der Waals surface area contributed by atoms with Gasteiger partial charge in [0.05, 0.1) is 0 Å². The van der Waals surface area contributed by atoms with Gasteiger partial charge in [-0.05, 0) is 43.4 Å². The molecule has 1 aliphatic heterocycles. The average Bonchev–Trinajstić information content (AvgIpc) is 2.97. The maximum absolute atomic E-state index is 12.9. The van der Waals surface area contributed by atoms with Gasteiger partial charge < -0.3 is 0 Å². The lowest BCUT2D eigenvalue weighted by Crippen LogP contribution is -2.37. The highest BCUT2D eigenvalue weighted by Crippen LogP contribution is 2.29. The predicted molar refractivity (Wildman–Crippen MR) is 86.0 cm³/mol. The van der Waals surface area contributed by atoms with Gasteiger partial charge in [-0.15, -0.1) is 0 Å². The van der Waals surface area contributed by atoms with E-state index in [1.54, 1.807) is 16.6 Å². The van der Waals surface area contributed by atoms with E-state index in [-0.39, 0.29) is 6.04 Å². The van der Waals surface area contributed by atoms with Gasteiger partial charge in [-0.1, -0.05) is 30.3 Å². The number of rotatable bonds is 4. The third kappa shape index (κ3) is 2.91. The highest BCUT2D eigenvalue weighted by molar-refractivity contribution is 7.89. The molecule has 1 aromatic heterocycles. The molecule has 0 aliphatic carbocycles. The van der Waals surface area contributed by atoms with Gasteiger partial charge in [-0.2, -0.15) is 4.31 Å². The third-order valence-corrected chi connectivity index (χ3v) is 6.30. The Morgan fingerprint density at radius 1 is 1.23 bits per heavy atom. The Labute approximate surface area is 131 Å². The Morgan fingerprint density at radius 2 is 2.00 bits per heavy atom. The van der Waals surface area contributed by atoms with E-state index >= 15 is 0 Å². The molecule has 1 saturated heterocycles. The molecule has 1 aliphatic rings. The van der Waals surface area contributed by atoms with Gasteiger partial charge in [0.2, 0.25) is 10.0 Å². The molecule has 5 heteroatoms. The molecule has 0 spiro atoms. The van der Waals surface area contributed by atoms with Gasteiger partial charge in [0.25, 0.3) is 0 Å². The molecule has 3 rings (SSSR count). The highest BCUT2D eigenvalue weighted by Gasteiger charge is 2.36. The van der Waals surface area contributed by atoms with Crippen LogP contribution < -0.4 is 0 Å². The summed E-state index contributed by atoms with van der Waals surface area (Å²) < 4.78 is 27.5. The van der Waals surface area contributed by atoms with Crippen molar-refractivity contribution in [2.24, 2.45) is 0 Å². The van der Waals surface area contributed by atoms with Crippen LogP contribution in [0.5, 0.6) is 0 Å². The van der Waals surface area contributed by atoms with Crippen molar-refractivity contribution in [1.82, 2.24) is 9.29 Å². The highest BCUT2D eigenvalue weighted by atomic mass is 32.2. The number of aryl methyl sites for hydroxylation is 1. The van der Waals surface area contributed by atoms with Crippen LogP contribution in [0.15, 0.2) is 53.7 Å². The lowest BCUT2D eigenvalue weighted by Gasteiger charge is -2.24. The molecule has 22 heavy (non-hydrogen) atoms. The molecule has 1 unspecified atom stereocenters. The van der Waals surface area contributed by atoms with Crippen LogP contribution >= 0.6 is 0 Å². The minimum absolute atomic E-state index is 0.0343. The minimum atomic E-state index is -3.47. The molecular formula is C17H20N2O2S. The lowest BCUT2D eigenvalue weighted by atomic mass is 10.1. The second-order valence-corrected chi connectivity index (χ2v) is 7.60. The molecule has 2 heterocycles. The molecule has 0 saturated carbocycles. The Morgan fingerprint density at radius 3 is 2.73 bits per heavy atom. The van der Waals surface area contributed by atoms with Crippen molar-refractivity contribution in [3.8, 4) is 0 Å². The van der Waals surface area contributed by atoms with Gasteiger partial charge in [0.1, 0.15) is 4.90 Å². The number of nitrogens with zero attached hydrogens (tertiary/aromatic N) is 2. The van der Waals surface area contributed by atoms with Crippen molar-refractivity contribution < 1.29 is 8.42 Å². The monoisotopic (exact) mass is 316 g/mol. The fourth-order valence-corrected chi connectivity index (χ4v) is 4.93. The van der Waals surface area contributed by atoms with Crippen LogP contribution in [0.25, 0.3) is 0 Å². The fraction of sp³-hybridized carbons (Fsp3) is 0.353. The smallest absolute Gasteiger partial charge is 0.245 e. The molecule has 1 aromatic carbocycles. The van der Waals surface area contributed by atoms with Crippen molar-refractivity contribution >= 4 is 10.0 Å². The molecule has 0 bridgehead atoms. The molecule has 1 fully saturated rings. The largest absolute Gasteiger partial charge is 0.263 e. The van der Waals surface area contributed by atoms with Crippen LogP contribution in [0.2, 0.25) is 0 Å². The van der Waals surface area contributed by atoms with Gasteiger partial charge in [-0.25, -0.2) is 8.42 Å². The van der Waals surface area contributed by atoms with Crippen LogP contribution in [-0.4, -0.2) is 30.3 Å². The van der Waals surface area contributed by atoms with E-state index in [1.807, 2.05) is 25.1 Å². The van der Waals surface area contributed by atoms with Gasteiger partial charge >= 0.3 is 0 Å². The normalized spacial score (nSPS) is 19.4. The first-order valence-corrected chi connectivity index (χ1v) is 8.99. The van der Waals surface area contributed by atoms with Crippen molar-refractivity contribution in [3.63, 3.8) is 0 Å². The zero-order valence-electron chi connectivity index (χ0n) is 12.6. The number of hydrogen-bond donors (Lipinski definition) is 0. The lowest BCUT2D eigenvalue weighted by molar-refractivity contribution is 0.385. The van der Waals surface area contributed by atoms with Crippen LogP contribution in [-0.2, 0) is 16.4 Å². The molecule has 2 aromatic rings. The number of benzene rings is 1. The van der Waals surface area contributed by atoms with E-state index < -0.39 is 10.0 Å². The summed E-state index contributed by atoms with van der Waals surface area (Å²) in [6, 6.07) is 11.9. The fourth-order valence-electron chi connectivity index (χ4n) is 3.06. The molecule has 1 atom stereocenters. The number of sulfonamides is 1. The van der Waals surface area contributed by atoms with Crippen molar-refractivity contribution in [3.05, 3.63) is 59.9 Å². The summed E-state index contributed by atoms with van der Waals surface area (Å²) in [6.45, 7) is 2.41. The number of hydrogen-bond acceptors (Lipinski definition) is 3. The Bertz CT molecular complexity index is 744. The Kier molecular flexibility index (Phi) is 4.27. The molecular weight excluding hydrogens is 296 g/mol. The molecule has 0 N–H and O–H groups in total. The summed E-state index contributed by atoms with van der Waals surface area (Å²) in [5.41, 5.74) is 1.93. The standard InChI is InChI=1S/C17H20N2O2S/c1-14-9-10-18-13-17(14)22(20,21)19-11-5-8-16(19)12-15-6-3-2-4-7-15/h2-4,6-7,9-10,13,16H,5,8,11-12H2,1H3. The second kappa shape index (κ2) is 6.18. The molecule has 0 radical (unpaired) electrons. The molecule has 4 nitrogen and oxygen atoms in total. The molecule has 0 amide bonds. The van der Waals surface area contributed by atoms with Gasteiger partial charge in [0.15, 0.2) is 0 Å². The van der Waals surface area contributed by atoms with Gasteiger partial charge in [-0.3, -0.25) is 4.98 Å². The van der Waals surface area contributed by atoms with Crippen molar-refractivity contribution in [1.29, 1.82) is 0 Å². The van der Waals surface area contributed by atoms with E-state index in [0.29, 0.717) is 11.4 Å². The van der Waals surface area contributed by atoms with E-state index in [9.17, 15) is 8.42 Å². The first-order chi connectivity index (χ1) is 10.6. The summed E-state index contributed by atoms with van der Waals surface area (Å²) in [7, 11) is -3.47. The van der Waals surface area contributed by atoms with Crippen LogP contribution in [0.4, 0.5) is 0 Å². The van der Waals surface area contributed by atoms with E-state index in [1.165, 1.54) is 11.8 Å². The maximum Gasteiger partial charge on any atom is 0.245 e. The van der Waals surface area contributed by atoms with E-state index in [4.69, 9.17) is 0 Å². The Balaban J connectivity index is 1.88. The first-order valence-electron chi connectivity index (χ1n) is 7.55. The summed E-state index contributed by atoms with van der Waals surface area (Å²) in [4.78, 5) is 4.32. The van der Waals surface area contributed by atoms with Crippen LogP contribution in [0.3, 0.4) is 0 Å². The summed E-state index contributed by atoms with van der Waals surface area (Å²) in [6.07, 6.45) is 5.67. The third-order valence-electron chi connectivity index (χ3n) is 4.21. The van der Waals surface area contributed by atoms with E-state index in [0.717, 1.165) is 24.8 Å². The summed E-state index contributed by atoms with van der Waals surface area (Å²) >= 11 is 0. The second-order valence-electron chi connectivity index (χ2n) is 5.74. The zero-order valence-corrected chi connectivity index (χ0v) is 13.5. The number of aromatic nitrogens is 1. The quantitative estimate of drug-likeness (QED) is 0.871. The molecule has 116 valence electrons. The minimum Gasteiger partial charge on any atom is -0.263 e. The van der Waals surface area contributed by atoms with Crippen LogP contribution in [0.1, 0.15) is 24.0 Å².